The van der Waals surface area contributed by atoms with Crippen molar-refractivity contribution in [3.8, 4) is 5.69 Å². The first kappa shape index (κ1) is 26.0. The number of rotatable bonds is 6. The number of carbonyl (C=O) groups is 1. The zero-order valence-corrected chi connectivity index (χ0v) is 23.3. The Kier molecular flexibility index (Phi) is 7.00. The molecule has 6 rings (SSSR count). The third-order valence-corrected chi connectivity index (χ3v) is 8.08. The minimum absolute atomic E-state index is 0.144. The summed E-state index contributed by atoms with van der Waals surface area (Å²) in [6, 6.07) is 23.4. The number of carboxylic acid groups (broad SMARTS) is 1. The van der Waals surface area contributed by atoms with Gasteiger partial charge in [0.1, 0.15) is 0 Å². The third kappa shape index (κ3) is 4.71. The summed E-state index contributed by atoms with van der Waals surface area (Å²) >= 11 is 5.95. The lowest BCUT2D eigenvalue weighted by molar-refractivity contribution is 0.0697. The van der Waals surface area contributed by atoms with E-state index in [2.05, 4.69) is 68.8 Å². The first-order valence-electron chi connectivity index (χ1n) is 13.4. The molecule has 0 amide bonds. The van der Waals surface area contributed by atoms with Gasteiger partial charge in [-0.3, -0.25) is 4.98 Å². The number of benzene rings is 2. The van der Waals surface area contributed by atoms with Crippen molar-refractivity contribution in [1.82, 2.24) is 14.9 Å². The second-order valence-corrected chi connectivity index (χ2v) is 10.5. The molecule has 0 aliphatic carbocycles. The Labute approximate surface area is 238 Å². The molecule has 204 valence electrons. The van der Waals surface area contributed by atoms with Crippen LogP contribution in [-0.2, 0) is 4.74 Å². The Balaban J connectivity index is 1.42. The van der Waals surface area contributed by atoms with Crippen LogP contribution in [0.25, 0.3) is 5.69 Å². The average molecular weight is 554 g/mol. The molecule has 2 aromatic carbocycles. The Bertz CT molecular complexity index is 1530. The van der Waals surface area contributed by atoms with Crippen molar-refractivity contribution >= 4 is 34.7 Å². The van der Waals surface area contributed by atoms with E-state index in [1.165, 1.54) is 5.69 Å². The monoisotopic (exact) mass is 553 g/mol. The maximum absolute atomic E-state index is 11.4. The molecule has 4 heterocycles. The number of thiocarbonyl (C=S) groups is 1. The highest BCUT2D eigenvalue weighted by Crippen LogP contribution is 2.44. The van der Waals surface area contributed by atoms with E-state index in [1.54, 1.807) is 12.1 Å². The van der Waals surface area contributed by atoms with E-state index in [1.807, 2.05) is 36.5 Å². The number of hydrogen-bond donors (Lipinski definition) is 2. The lowest BCUT2D eigenvalue weighted by Gasteiger charge is -2.31. The topological polar surface area (TPSA) is 82.9 Å². The van der Waals surface area contributed by atoms with Crippen LogP contribution >= 0.6 is 12.2 Å². The summed E-state index contributed by atoms with van der Waals surface area (Å²) in [4.78, 5) is 20.6. The van der Waals surface area contributed by atoms with Crippen molar-refractivity contribution in [2.24, 2.45) is 0 Å². The van der Waals surface area contributed by atoms with E-state index in [-0.39, 0.29) is 17.6 Å². The maximum Gasteiger partial charge on any atom is 0.335 e. The van der Waals surface area contributed by atoms with Crippen LogP contribution < -0.4 is 15.1 Å². The second-order valence-electron chi connectivity index (χ2n) is 10.1. The van der Waals surface area contributed by atoms with Crippen molar-refractivity contribution in [2.45, 2.75) is 25.9 Å². The molecule has 9 heteroatoms. The van der Waals surface area contributed by atoms with Crippen molar-refractivity contribution in [2.75, 3.05) is 36.1 Å². The smallest absolute Gasteiger partial charge is 0.335 e. The molecule has 0 radical (unpaired) electrons. The number of morpholine rings is 1. The number of anilines is 2. The lowest BCUT2D eigenvalue weighted by atomic mass is 9.96. The van der Waals surface area contributed by atoms with Gasteiger partial charge in [0.15, 0.2) is 5.11 Å². The number of aromatic nitrogens is 2. The summed E-state index contributed by atoms with van der Waals surface area (Å²) in [5, 5.41) is 13.6. The van der Waals surface area contributed by atoms with Gasteiger partial charge in [-0.1, -0.05) is 6.07 Å². The summed E-state index contributed by atoms with van der Waals surface area (Å²) in [6.07, 6.45) is 1.81. The Morgan fingerprint density at radius 3 is 2.30 bits per heavy atom. The fraction of sp³-hybridized carbons (Fsp3) is 0.258. The van der Waals surface area contributed by atoms with Crippen LogP contribution in [0, 0.1) is 13.8 Å². The van der Waals surface area contributed by atoms with Crippen LogP contribution in [0.3, 0.4) is 0 Å². The highest BCUT2D eigenvalue weighted by atomic mass is 32.1. The second kappa shape index (κ2) is 10.7. The normalized spacial score (nSPS) is 19.1. The van der Waals surface area contributed by atoms with Crippen molar-refractivity contribution in [1.29, 1.82) is 0 Å². The SMILES string of the molecule is Cc1cc([C@@H]2[C@H](c3ccccn3)NC(=S)N2c2ccc(N3CCOCC3)cc2)c(C)n1-c1ccc(C(=O)O)cc1. The highest BCUT2D eigenvalue weighted by molar-refractivity contribution is 7.80. The summed E-state index contributed by atoms with van der Waals surface area (Å²) in [7, 11) is 0. The van der Waals surface area contributed by atoms with Crippen LogP contribution in [0.4, 0.5) is 11.4 Å². The van der Waals surface area contributed by atoms with Crippen LogP contribution in [0.5, 0.6) is 0 Å². The van der Waals surface area contributed by atoms with Crippen molar-refractivity contribution in [3.05, 3.63) is 107 Å². The Morgan fingerprint density at radius 1 is 0.975 bits per heavy atom. The molecule has 0 unspecified atom stereocenters. The maximum atomic E-state index is 11.4. The van der Waals surface area contributed by atoms with Gasteiger partial charge in [0.25, 0.3) is 0 Å². The number of pyridine rings is 1. The van der Waals surface area contributed by atoms with E-state index >= 15 is 0 Å². The number of ether oxygens (including phenoxy) is 1. The number of nitrogens with zero attached hydrogens (tertiary/aromatic N) is 4. The number of aromatic carboxylic acids is 1. The van der Waals surface area contributed by atoms with E-state index in [0.717, 1.165) is 60.3 Å². The molecule has 2 N–H and O–H groups in total. The molecule has 2 aliphatic rings. The van der Waals surface area contributed by atoms with Crippen LogP contribution in [0.2, 0.25) is 0 Å². The molecule has 4 aromatic rings. The van der Waals surface area contributed by atoms with Crippen LogP contribution in [0.1, 0.15) is 45.1 Å². The molecule has 2 aromatic heterocycles. The number of aryl methyl sites for hydroxylation is 1. The van der Waals surface area contributed by atoms with Gasteiger partial charge in [-0.15, -0.1) is 0 Å². The first-order chi connectivity index (χ1) is 19.4. The molecule has 0 saturated carbocycles. The summed E-state index contributed by atoms with van der Waals surface area (Å²) in [6.45, 7) is 7.41. The van der Waals surface area contributed by atoms with Gasteiger partial charge in [0.05, 0.1) is 36.6 Å². The fourth-order valence-corrected chi connectivity index (χ4v) is 6.18. The molecular weight excluding hydrogens is 522 g/mol. The van der Waals surface area contributed by atoms with Crippen molar-refractivity contribution < 1.29 is 14.6 Å². The predicted octanol–water partition coefficient (Wildman–Crippen LogP) is 5.20. The van der Waals surface area contributed by atoms with Gasteiger partial charge in [0.2, 0.25) is 0 Å². The quantitative estimate of drug-likeness (QED) is 0.315. The lowest BCUT2D eigenvalue weighted by Crippen LogP contribution is -2.36. The molecule has 40 heavy (non-hydrogen) atoms. The van der Waals surface area contributed by atoms with Crippen LogP contribution in [-0.4, -0.2) is 52.0 Å². The van der Waals surface area contributed by atoms with E-state index in [4.69, 9.17) is 17.0 Å². The van der Waals surface area contributed by atoms with Crippen LogP contribution in [0.15, 0.2) is 79.0 Å². The highest BCUT2D eigenvalue weighted by Gasteiger charge is 2.42. The Morgan fingerprint density at radius 2 is 1.65 bits per heavy atom. The van der Waals surface area contributed by atoms with E-state index in [0.29, 0.717) is 5.11 Å². The van der Waals surface area contributed by atoms with Gasteiger partial charge >= 0.3 is 5.97 Å². The van der Waals surface area contributed by atoms with E-state index < -0.39 is 5.97 Å². The fourth-order valence-electron chi connectivity index (χ4n) is 5.83. The van der Waals surface area contributed by atoms with Gasteiger partial charge in [0, 0.05) is 47.7 Å². The number of hydrogen-bond acceptors (Lipinski definition) is 5. The molecule has 2 atom stereocenters. The largest absolute Gasteiger partial charge is 0.478 e. The average Bonchev–Trinajstić information content (AvgIpc) is 3.48. The molecule has 2 aliphatic heterocycles. The standard InChI is InChI=1S/C31H31N5O3S/c1-20-19-26(21(2)35(20)24-8-6-22(7-9-24)30(37)38)29-28(27-5-3-4-14-32-27)33-31(40)36(29)25-12-10-23(11-13-25)34-15-17-39-18-16-34/h3-14,19,28-29H,15-18H2,1-2H3,(H,33,40)(H,37,38)/t28-,29+/m0/s1. The first-order valence-corrected chi connectivity index (χ1v) is 13.8. The summed E-state index contributed by atoms with van der Waals surface area (Å²) in [5.41, 5.74) is 7.51. The van der Waals surface area contributed by atoms with Gasteiger partial charge in [-0.2, -0.15) is 0 Å². The predicted molar refractivity (Wildman–Crippen MR) is 160 cm³/mol. The summed E-state index contributed by atoms with van der Waals surface area (Å²) < 4.78 is 7.68. The molecule has 8 nitrogen and oxygen atoms in total. The molecule has 0 bridgehead atoms. The van der Waals surface area contributed by atoms with Crippen molar-refractivity contribution in [3.63, 3.8) is 0 Å². The van der Waals surface area contributed by atoms with Gasteiger partial charge < -0.3 is 29.5 Å². The minimum atomic E-state index is -0.938. The Hall–Kier alpha value is -4.21. The molecular formula is C31H31N5O3S. The molecule has 2 fully saturated rings. The van der Waals surface area contributed by atoms with E-state index in [9.17, 15) is 9.90 Å². The number of carboxylic acids is 1. The number of nitrogens with one attached hydrogen (secondary N) is 1. The van der Waals surface area contributed by atoms with Gasteiger partial charge in [-0.25, -0.2) is 4.79 Å². The van der Waals surface area contributed by atoms with Gasteiger partial charge in [-0.05, 0) is 98.4 Å². The minimum Gasteiger partial charge on any atom is -0.478 e. The zero-order chi connectivity index (χ0) is 27.8. The molecule has 2 saturated heterocycles. The summed E-state index contributed by atoms with van der Waals surface area (Å²) in [5.74, 6) is -0.938. The third-order valence-electron chi connectivity index (χ3n) is 7.76. The zero-order valence-electron chi connectivity index (χ0n) is 22.4. The molecule has 0 spiro atoms.